The summed E-state index contributed by atoms with van der Waals surface area (Å²) in [6, 6.07) is 5.60. The number of nitrogens with two attached hydrogens (primary N) is 1. The smallest absolute Gasteiger partial charge is 0.237 e. The van der Waals surface area contributed by atoms with Gasteiger partial charge in [-0.3, -0.25) is 4.79 Å². The number of hydrogen-bond acceptors (Lipinski definition) is 6. The summed E-state index contributed by atoms with van der Waals surface area (Å²) in [6.45, 7) is 1.63. The van der Waals surface area contributed by atoms with Crippen molar-refractivity contribution in [3.63, 3.8) is 0 Å². The molecule has 9 heteroatoms. The van der Waals surface area contributed by atoms with Crippen molar-refractivity contribution in [1.82, 2.24) is 15.3 Å². The molecule has 4 rings (SSSR count). The Morgan fingerprint density at radius 1 is 1.34 bits per heavy atom. The van der Waals surface area contributed by atoms with Crippen molar-refractivity contribution in [2.24, 2.45) is 5.73 Å². The maximum absolute atomic E-state index is 14.8. The Bertz CT molecular complexity index is 1080. The predicted molar refractivity (Wildman–Crippen MR) is 117 cm³/mol. The van der Waals surface area contributed by atoms with E-state index in [1.807, 2.05) is 0 Å². The van der Waals surface area contributed by atoms with Gasteiger partial charge < -0.3 is 30.2 Å². The van der Waals surface area contributed by atoms with Crippen molar-refractivity contribution < 1.29 is 23.4 Å². The third-order valence-electron chi connectivity index (χ3n) is 5.49. The molecule has 0 unspecified atom stereocenters. The first-order chi connectivity index (χ1) is 15.5. The van der Waals surface area contributed by atoms with Crippen LogP contribution in [0.5, 0.6) is 11.5 Å². The third kappa shape index (κ3) is 5.07. The number of nitrogens with zero attached hydrogens (tertiary/aromatic N) is 1. The van der Waals surface area contributed by atoms with Gasteiger partial charge in [0.15, 0.2) is 11.6 Å². The van der Waals surface area contributed by atoms with E-state index >= 15 is 0 Å². The molecule has 1 aromatic carbocycles. The fourth-order valence-electron chi connectivity index (χ4n) is 3.82. The number of amides is 1. The van der Waals surface area contributed by atoms with Gasteiger partial charge in [0, 0.05) is 44.3 Å². The molecule has 3 heterocycles. The zero-order valence-corrected chi connectivity index (χ0v) is 17.9. The Morgan fingerprint density at radius 2 is 2.16 bits per heavy atom. The number of carbonyl (C=O) groups is 1. The number of H-pyrrole nitrogens is 1. The van der Waals surface area contributed by atoms with Crippen LogP contribution in [-0.4, -0.2) is 48.3 Å². The molecule has 1 aliphatic rings. The molecule has 0 bridgehead atoms. The van der Waals surface area contributed by atoms with E-state index in [9.17, 15) is 9.18 Å². The molecule has 0 radical (unpaired) electrons. The Balaban J connectivity index is 1.44. The average molecular weight is 442 g/mol. The van der Waals surface area contributed by atoms with Crippen molar-refractivity contribution >= 4 is 16.9 Å². The summed E-state index contributed by atoms with van der Waals surface area (Å²) in [5.41, 5.74) is 8.17. The molecular formula is C23H27FN4O4. The van der Waals surface area contributed by atoms with Crippen LogP contribution in [0.3, 0.4) is 0 Å². The van der Waals surface area contributed by atoms with E-state index in [4.69, 9.17) is 19.9 Å². The van der Waals surface area contributed by atoms with E-state index in [0.29, 0.717) is 36.8 Å². The minimum Gasteiger partial charge on any atom is -0.453 e. The quantitative estimate of drug-likeness (QED) is 0.495. The van der Waals surface area contributed by atoms with Crippen molar-refractivity contribution in [3.8, 4) is 11.5 Å². The van der Waals surface area contributed by atoms with E-state index in [-0.39, 0.29) is 24.1 Å². The highest BCUT2D eigenvalue weighted by Gasteiger charge is 2.21. The summed E-state index contributed by atoms with van der Waals surface area (Å²) in [6.07, 6.45) is 5.15. The van der Waals surface area contributed by atoms with Gasteiger partial charge in [0.25, 0.3) is 0 Å². The number of fused-ring (bicyclic) bond motifs is 1. The molecule has 8 nitrogen and oxygen atoms in total. The molecule has 1 saturated heterocycles. The number of benzene rings is 1. The van der Waals surface area contributed by atoms with Crippen LogP contribution in [0.1, 0.15) is 24.0 Å². The number of nitrogens with one attached hydrogen (secondary N) is 2. The molecule has 3 aromatic rings. The summed E-state index contributed by atoms with van der Waals surface area (Å²) in [4.78, 5) is 19.7. The van der Waals surface area contributed by atoms with Crippen LogP contribution in [0, 0.1) is 5.82 Å². The topological polar surface area (TPSA) is 111 Å². The highest BCUT2D eigenvalue weighted by molar-refractivity contribution is 5.86. The SMILES string of the molecule is COCc1c[nH]c2nccc(Oc3ccc(C[C@H](N)C(=O)NC4CCOCC4)cc3F)c12. The van der Waals surface area contributed by atoms with Crippen LogP contribution < -0.4 is 15.8 Å². The number of ether oxygens (including phenoxy) is 3. The number of pyridine rings is 1. The largest absolute Gasteiger partial charge is 0.453 e. The lowest BCUT2D eigenvalue weighted by molar-refractivity contribution is -0.123. The van der Waals surface area contributed by atoms with Crippen molar-refractivity contribution in [1.29, 1.82) is 0 Å². The lowest BCUT2D eigenvalue weighted by Gasteiger charge is -2.24. The normalized spacial score (nSPS) is 15.6. The highest BCUT2D eigenvalue weighted by Crippen LogP contribution is 2.33. The van der Waals surface area contributed by atoms with Crippen LogP contribution in [-0.2, 0) is 27.3 Å². The summed E-state index contributed by atoms with van der Waals surface area (Å²) >= 11 is 0. The number of methoxy groups -OCH3 is 1. The van der Waals surface area contributed by atoms with Gasteiger partial charge in [-0.1, -0.05) is 6.07 Å². The van der Waals surface area contributed by atoms with Crippen LogP contribution in [0.25, 0.3) is 11.0 Å². The van der Waals surface area contributed by atoms with Gasteiger partial charge in [0.2, 0.25) is 5.91 Å². The molecule has 0 aliphatic carbocycles. The van der Waals surface area contributed by atoms with Gasteiger partial charge in [-0.25, -0.2) is 9.37 Å². The molecule has 170 valence electrons. The highest BCUT2D eigenvalue weighted by atomic mass is 19.1. The molecule has 1 amide bonds. The monoisotopic (exact) mass is 442 g/mol. The summed E-state index contributed by atoms with van der Waals surface area (Å²) in [5, 5.41) is 3.69. The van der Waals surface area contributed by atoms with Crippen molar-refractivity contribution in [2.75, 3.05) is 20.3 Å². The molecule has 4 N–H and O–H groups in total. The maximum atomic E-state index is 14.8. The fourth-order valence-corrected chi connectivity index (χ4v) is 3.82. The molecule has 1 fully saturated rings. The molecule has 1 atom stereocenters. The Hall–Kier alpha value is -3.01. The molecule has 2 aromatic heterocycles. The van der Waals surface area contributed by atoms with Gasteiger partial charge in [0.1, 0.15) is 11.4 Å². The second kappa shape index (κ2) is 10.1. The standard InChI is InChI=1S/C23H27FN4O4/c1-30-13-15-12-27-22-21(15)20(4-7-26-22)32-19-3-2-14(10-17(19)24)11-18(25)23(29)28-16-5-8-31-9-6-16/h2-4,7,10,12,16,18H,5-6,8-9,11,13,25H2,1H3,(H,26,27)(H,28,29)/t18-/m0/s1. The second-order valence-electron chi connectivity index (χ2n) is 7.85. The molecule has 0 spiro atoms. The minimum absolute atomic E-state index is 0.0726. The number of carbonyl (C=O) groups excluding carboxylic acids is 1. The van der Waals surface area contributed by atoms with Gasteiger partial charge in [0.05, 0.1) is 18.0 Å². The van der Waals surface area contributed by atoms with Crippen LogP contribution in [0.2, 0.25) is 0 Å². The number of aromatic amines is 1. The molecule has 32 heavy (non-hydrogen) atoms. The Labute approximate surface area is 185 Å². The second-order valence-corrected chi connectivity index (χ2v) is 7.85. The van der Waals surface area contributed by atoms with Gasteiger partial charge in [-0.05, 0) is 43.0 Å². The maximum Gasteiger partial charge on any atom is 0.237 e. The van der Waals surface area contributed by atoms with Crippen LogP contribution in [0.15, 0.2) is 36.7 Å². The van der Waals surface area contributed by atoms with E-state index in [1.54, 1.807) is 37.7 Å². The van der Waals surface area contributed by atoms with Gasteiger partial charge in [-0.2, -0.15) is 0 Å². The van der Waals surface area contributed by atoms with E-state index in [0.717, 1.165) is 23.8 Å². The van der Waals surface area contributed by atoms with Crippen molar-refractivity contribution in [2.45, 2.75) is 38.0 Å². The van der Waals surface area contributed by atoms with Gasteiger partial charge in [-0.15, -0.1) is 0 Å². The van der Waals surface area contributed by atoms with E-state index in [1.165, 1.54) is 6.07 Å². The number of rotatable bonds is 8. The average Bonchev–Trinajstić information content (AvgIpc) is 3.20. The lowest BCUT2D eigenvalue weighted by Crippen LogP contribution is -2.48. The van der Waals surface area contributed by atoms with Crippen LogP contribution >= 0.6 is 0 Å². The summed E-state index contributed by atoms with van der Waals surface area (Å²) in [7, 11) is 1.60. The first-order valence-electron chi connectivity index (χ1n) is 10.6. The summed E-state index contributed by atoms with van der Waals surface area (Å²) < 4.78 is 31.2. The molecular weight excluding hydrogens is 415 g/mol. The molecule has 1 aliphatic heterocycles. The zero-order valence-electron chi connectivity index (χ0n) is 17.9. The fraction of sp³-hybridized carbons (Fsp3) is 0.391. The zero-order chi connectivity index (χ0) is 22.5. The van der Waals surface area contributed by atoms with E-state index < -0.39 is 11.9 Å². The van der Waals surface area contributed by atoms with E-state index in [2.05, 4.69) is 15.3 Å². The Morgan fingerprint density at radius 3 is 2.91 bits per heavy atom. The first kappa shape index (κ1) is 22.2. The Kier molecular flexibility index (Phi) is 6.99. The lowest BCUT2D eigenvalue weighted by atomic mass is 10.0. The summed E-state index contributed by atoms with van der Waals surface area (Å²) in [5.74, 6) is -0.225. The molecule has 0 saturated carbocycles. The number of hydrogen-bond donors (Lipinski definition) is 3. The number of aromatic nitrogens is 2. The van der Waals surface area contributed by atoms with Crippen LogP contribution in [0.4, 0.5) is 4.39 Å². The third-order valence-corrected chi connectivity index (χ3v) is 5.49. The number of halogens is 1. The minimum atomic E-state index is -0.764. The van der Waals surface area contributed by atoms with Crippen molar-refractivity contribution in [3.05, 3.63) is 53.6 Å². The van der Waals surface area contributed by atoms with Gasteiger partial charge >= 0.3 is 0 Å². The first-order valence-corrected chi connectivity index (χ1v) is 10.6. The predicted octanol–water partition coefficient (Wildman–Crippen LogP) is 2.81.